The van der Waals surface area contributed by atoms with Crippen LogP contribution in [0.15, 0.2) is 78.2 Å². The highest BCUT2D eigenvalue weighted by atomic mass is 35.5. The third-order valence-corrected chi connectivity index (χ3v) is 6.24. The van der Waals surface area contributed by atoms with Gasteiger partial charge in [0.1, 0.15) is 5.25 Å². The van der Waals surface area contributed by atoms with E-state index in [4.69, 9.17) is 17.4 Å². The highest BCUT2D eigenvalue weighted by Crippen LogP contribution is 2.38. The maximum absolute atomic E-state index is 13.2. The SMILES string of the molecule is Nn1c(S[C@@H](C(=O)Nc2cc(C(F)(F)F)ccc2Cl)c2ccccc2)nnc1-c1cccnc1. The number of carbonyl (C=O) groups is 1. The lowest BCUT2D eigenvalue weighted by Gasteiger charge is -2.18. The van der Waals surface area contributed by atoms with E-state index in [2.05, 4.69) is 20.5 Å². The van der Waals surface area contributed by atoms with Crippen LogP contribution >= 0.6 is 23.4 Å². The molecular formula is C22H16ClF3N6OS. The molecule has 4 rings (SSSR count). The molecule has 0 aliphatic heterocycles. The highest BCUT2D eigenvalue weighted by molar-refractivity contribution is 8.00. The van der Waals surface area contributed by atoms with Gasteiger partial charge in [-0.05, 0) is 35.9 Å². The number of rotatable bonds is 6. The van der Waals surface area contributed by atoms with Gasteiger partial charge in [0.2, 0.25) is 11.1 Å². The zero-order chi connectivity index (χ0) is 24.3. The third-order valence-electron chi connectivity index (χ3n) is 4.70. The second kappa shape index (κ2) is 9.74. The first-order valence-corrected chi connectivity index (χ1v) is 11.0. The van der Waals surface area contributed by atoms with E-state index in [-0.39, 0.29) is 15.9 Å². The number of nitrogen functional groups attached to an aromatic ring is 1. The molecule has 7 nitrogen and oxygen atoms in total. The Kier molecular flexibility index (Phi) is 6.75. The molecule has 0 bridgehead atoms. The van der Waals surface area contributed by atoms with Crippen molar-refractivity contribution in [3.05, 3.63) is 89.2 Å². The normalized spacial score (nSPS) is 12.4. The first-order valence-electron chi connectivity index (χ1n) is 9.74. The van der Waals surface area contributed by atoms with Crippen LogP contribution in [0.3, 0.4) is 0 Å². The summed E-state index contributed by atoms with van der Waals surface area (Å²) in [5, 5.41) is 9.93. The predicted molar refractivity (Wildman–Crippen MR) is 124 cm³/mol. The van der Waals surface area contributed by atoms with Gasteiger partial charge < -0.3 is 11.2 Å². The summed E-state index contributed by atoms with van der Waals surface area (Å²) in [4.78, 5) is 17.3. The molecule has 0 saturated carbocycles. The van der Waals surface area contributed by atoms with Crippen molar-refractivity contribution < 1.29 is 18.0 Å². The van der Waals surface area contributed by atoms with Gasteiger partial charge in [0, 0.05) is 18.0 Å². The maximum Gasteiger partial charge on any atom is 0.416 e. The van der Waals surface area contributed by atoms with Gasteiger partial charge in [0.25, 0.3) is 0 Å². The fraction of sp³-hybridized carbons (Fsp3) is 0.0909. The number of halogens is 4. The summed E-state index contributed by atoms with van der Waals surface area (Å²) in [5.41, 5.74) is 0.118. The van der Waals surface area contributed by atoms with Crippen LogP contribution in [0.4, 0.5) is 18.9 Å². The molecule has 0 unspecified atom stereocenters. The first kappa shape index (κ1) is 23.6. The lowest BCUT2D eigenvalue weighted by Crippen LogP contribution is -2.21. The summed E-state index contributed by atoms with van der Waals surface area (Å²) in [6.45, 7) is 0. The second-order valence-electron chi connectivity index (χ2n) is 7.01. The quantitative estimate of drug-likeness (QED) is 0.277. The van der Waals surface area contributed by atoms with Gasteiger partial charge in [-0.3, -0.25) is 9.78 Å². The van der Waals surface area contributed by atoms with E-state index >= 15 is 0 Å². The van der Waals surface area contributed by atoms with E-state index in [0.29, 0.717) is 17.0 Å². The van der Waals surface area contributed by atoms with Crippen molar-refractivity contribution in [2.45, 2.75) is 16.6 Å². The van der Waals surface area contributed by atoms with E-state index < -0.39 is 22.9 Å². The third kappa shape index (κ3) is 5.15. The summed E-state index contributed by atoms with van der Waals surface area (Å²) < 4.78 is 40.6. The number of nitrogens with two attached hydrogens (primary N) is 1. The number of alkyl halides is 3. The van der Waals surface area contributed by atoms with Gasteiger partial charge >= 0.3 is 6.18 Å². The van der Waals surface area contributed by atoms with Gasteiger partial charge in [-0.15, -0.1) is 10.2 Å². The molecule has 0 aliphatic carbocycles. The lowest BCUT2D eigenvalue weighted by molar-refractivity contribution is -0.137. The zero-order valence-corrected chi connectivity index (χ0v) is 18.8. The molecule has 2 aromatic heterocycles. The Morgan fingerprint density at radius 2 is 1.85 bits per heavy atom. The smallest absolute Gasteiger partial charge is 0.335 e. The number of anilines is 1. The monoisotopic (exact) mass is 504 g/mol. The van der Waals surface area contributed by atoms with Crippen molar-refractivity contribution in [3.63, 3.8) is 0 Å². The average Bonchev–Trinajstić information content (AvgIpc) is 3.19. The van der Waals surface area contributed by atoms with Crippen molar-refractivity contribution in [2.24, 2.45) is 0 Å². The minimum Gasteiger partial charge on any atom is -0.335 e. The number of nitrogens with one attached hydrogen (secondary N) is 1. The molecule has 12 heteroatoms. The molecular weight excluding hydrogens is 489 g/mol. The van der Waals surface area contributed by atoms with E-state index in [1.54, 1.807) is 54.9 Å². The molecule has 2 heterocycles. The molecule has 174 valence electrons. The number of amides is 1. The van der Waals surface area contributed by atoms with Crippen molar-refractivity contribution in [3.8, 4) is 11.4 Å². The molecule has 0 fully saturated rings. The van der Waals surface area contributed by atoms with Gasteiger partial charge in [0.15, 0.2) is 5.82 Å². The Hall–Kier alpha value is -3.57. The second-order valence-corrected chi connectivity index (χ2v) is 8.49. The van der Waals surface area contributed by atoms with Crippen LogP contribution < -0.4 is 11.2 Å². The molecule has 0 spiro atoms. The summed E-state index contributed by atoms with van der Waals surface area (Å²) in [6, 6.07) is 14.9. The number of pyridine rings is 1. The summed E-state index contributed by atoms with van der Waals surface area (Å²) in [7, 11) is 0. The number of thioether (sulfide) groups is 1. The van der Waals surface area contributed by atoms with Crippen LogP contribution in [0, 0.1) is 0 Å². The fourth-order valence-corrected chi connectivity index (χ4v) is 4.17. The number of hydrogen-bond acceptors (Lipinski definition) is 6. The zero-order valence-electron chi connectivity index (χ0n) is 17.2. The fourth-order valence-electron chi connectivity index (χ4n) is 3.05. The lowest BCUT2D eigenvalue weighted by atomic mass is 10.1. The molecule has 4 aromatic rings. The Balaban J connectivity index is 1.65. The van der Waals surface area contributed by atoms with Crippen molar-refractivity contribution in [2.75, 3.05) is 11.2 Å². The minimum atomic E-state index is -4.59. The molecule has 0 aliphatic rings. The maximum atomic E-state index is 13.2. The number of hydrogen-bond donors (Lipinski definition) is 2. The van der Waals surface area contributed by atoms with Gasteiger partial charge in [0.05, 0.1) is 16.3 Å². The van der Waals surface area contributed by atoms with Crippen LogP contribution in [-0.2, 0) is 11.0 Å². The van der Waals surface area contributed by atoms with E-state index in [9.17, 15) is 18.0 Å². The topological polar surface area (TPSA) is 98.7 Å². The summed E-state index contributed by atoms with van der Waals surface area (Å²) in [5.74, 6) is 5.90. The molecule has 1 atom stereocenters. The van der Waals surface area contributed by atoms with Crippen LogP contribution in [0.2, 0.25) is 5.02 Å². The highest BCUT2D eigenvalue weighted by Gasteiger charge is 2.32. The van der Waals surface area contributed by atoms with Crippen molar-refractivity contribution in [1.82, 2.24) is 19.9 Å². The largest absolute Gasteiger partial charge is 0.416 e. The predicted octanol–water partition coefficient (Wildman–Crippen LogP) is 5.20. The molecule has 34 heavy (non-hydrogen) atoms. The number of aromatic nitrogens is 4. The van der Waals surface area contributed by atoms with Crippen LogP contribution in [0.1, 0.15) is 16.4 Å². The Morgan fingerprint density at radius 3 is 2.53 bits per heavy atom. The van der Waals surface area contributed by atoms with Crippen LogP contribution in [-0.4, -0.2) is 25.8 Å². The minimum absolute atomic E-state index is 0.0287. The van der Waals surface area contributed by atoms with Crippen molar-refractivity contribution >= 4 is 35.0 Å². The number of nitrogens with zero attached hydrogens (tertiary/aromatic N) is 4. The van der Waals surface area contributed by atoms with E-state index in [1.807, 2.05) is 0 Å². The van der Waals surface area contributed by atoms with Crippen molar-refractivity contribution in [1.29, 1.82) is 0 Å². The average molecular weight is 505 g/mol. The Morgan fingerprint density at radius 1 is 1.09 bits per heavy atom. The van der Waals surface area contributed by atoms with Gasteiger partial charge in [-0.1, -0.05) is 53.7 Å². The Labute approximate surface area is 201 Å². The van der Waals surface area contributed by atoms with Gasteiger partial charge in [-0.2, -0.15) is 13.2 Å². The summed E-state index contributed by atoms with van der Waals surface area (Å²) in [6.07, 6.45) is -1.42. The number of carbonyl (C=O) groups excluding carboxylic acids is 1. The first-order chi connectivity index (χ1) is 16.2. The summed E-state index contributed by atoms with van der Waals surface area (Å²) >= 11 is 7.05. The molecule has 0 saturated heterocycles. The molecule has 3 N–H and O–H groups in total. The van der Waals surface area contributed by atoms with Gasteiger partial charge in [-0.25, -0.2) is 4.68 Å². The van der Waals surface area contributed by atoms with Crippen LogP contribution in [0.25, 0.3) is 11.4 Å². The van der Waals surface area contributed by atoms with E-state index in [1.165, 1.54) is 4.68 Å². The van der Waals surface area contributed by atoms with E-state index in [0.717, 1.165) is 30.0 Å². The van der Waals surface area contributed by atoms with Crippen LogP contribution in [0.5, 0.6) is 0 Å². The number of benzene rings is 2. The Bertz CT molecular complexity index is 1300. The molecule has 2 aromatic carbocycles. The molecule has 0 radical (unpaired) electrons. The molecule has 1 amide bonds. The standard InChI is InChI=1S/C22H16ClF3N6OS/c23-16-9-8-15(22(24,25)26)11-17(16)29-20(33)18(13-5-2-1-3-6-13)34-21-31-30-19(32(21)27)14-7-4-10-28-12-14/h1-12,18H,27H2,(H,29,33)/t18-/m1/s1.